The van der Waals surface area contributed by atoms with Gasteiger partial charge in [0.25, 0.3) is 5.91 Å². The van der Waals surface area contributed by atoms with Crippen LogP contribution in [0.2, 0.25) is 5.02 Å². The molecule has 0 aliphatic carbocycles. The summed E-state index contributed by atoms with van der Waals surface area (Å²) in [5.74, 6) is 0.810. The first-order valence-electron chi connectivity index (χ1n) is 8.11. The first-order valence-corrected chi connectivity index (χ1v) is 8.49. The zero-order valence-corrected chi connectivity index (χ0v) is 15.0. The number of aryl methyl sites for hydroxylation is 1. The largest absolute Gasteiger partial charge is 0.388 e. The second-order valence-electron chi connectivity index (χ2n) is 5.66. The van der Waals surface area contributed by atoms with E-state index in [0.717, 1.165) is 0 Å². The summed E-state index contributed by atoms with van der Waals surface area (Å²) >= 11 is 6.25. The Balaban J connectivity index is 1.91. The van der Waals surface area contributed by atoms with Gasteiger partial charge in [0.2, 0.25) is 0 Å². The van der Waals surface area contributed by atoms with Gasteiger partial charge in [-0.05, 0) is 13.0 Å². The number of hydrogen-bond acceptors (Lipinski definition) is 6. The van der Waals surface area contributed by atoms with Crippen LogP contribution in [-0.4, -0.2) is 31.4 Å². The number of nitrogens with zero attached hydrogens (tertiary/aromatic N) is 3. The Morgan fingerprint density at radius 1 is 1.42 bits per heavy atom. The van der Waals surface area contributed by atoms with Crippen molar-refractivity contribution in [2.24, 2.45) is 0 Å². The van der Waals surface area contributed by atoms with E-state index in [0.29, 0.717) is 45.7 Å². The number of aliphatic hydroxyl groups is 1. The molecule has 0 bridgehead atoms. The lowest BCUT2D eigenvalue weighted by atomic mass is 10.0. The number of halogens is 1. The van der Waals surface area contributed by atoms with E-state index in [2.05, 4.69) is 25.7 Å². The molecule has 0 fully saturated rings. The number of H-pyrrole nitrogens is 1. The molecule has 0 saturated heterocycles. The van der Waals surface area contributed by atoms with Crippen LogP contribution in [0.1, 0.15) is 47.7 Å². The molecule has 9 heteroatoms. The average molecular weight is 376 g/mol. The van der Waals surface area contributed by atoms with Gasteiger partial charge in [-0.1, -0.05) is 41.9 Å². The number of aromatic amines is 1. The smallest absolute Gasteiger partial charge is 0.257 e. The summed E-state index contributed by atoms with van der Waals surface area (Å²) in [6, 6.07) is 6.65. The van der Waals surface area contributed by atoms with Gasteiger partial charge in [0.05, 0.1) is 11.1 Å². The molecular weight excluding hydrogens is 358 g/mol. The summed E-state index contributed by atoms with van der Waals surface area (Å²) in [4.78, 5) is 17.0. The van der Waals surface area contributed by atoms with E-state index in [1.165, 1.54) is 0 Å². The van der Waals surface area contributed by atoms with Crippen LogP contribution in [0.4, 0.5) is 0 Å². The van der Waals surface area contributed by atoms with Crippen LogP contribution in [0.15, 0.2) is 28.8 Å². The van der Waals surface area contributed by atoms with Gasteiger partial charge in [0, 0.05) is 12.0 Å². The van der Waals surface area contributed by atoms with Gasteiger partial charge in [-0.2, -0.15) is 5.10 Å². The van der Waals surface area contributed by atoms with Crippen LogP contribution in [0.5, 0.6) is 0 Å². The van der Waals surface area contributed by atoms with Crippen molar-refractivity contribution in [3.05, 3.63) is 52.3 Å². The number of aliphatic hydroxyl groups excluding tert-OH is 1. The zero-order chi connectivity index (χ0) is 18.7. The van der Waals surface area contributed by atoms with Crippen LogP contribution in [-0.2, 0) is 13.0 Å². The van der Waals surface area contributed by atoms with Gasteiger partial charge < -0.3 is 14.9 Å². The topological polar surface area (TPSA) is 117 Å². The van der Waals surface area contributed by atoms with Crippen molar-refractivity contribution in [1.82, 2.24) is 25.7 Å². The van der Waals surface area contributed by atoms with E-state index in [9.17, 15) is 4.79 Å². The molecule has 1 aromatic carbocycles. The van der Waals surface area contributed by atoms with E-state index in [-0.39, 0.29) is 12.5 Å². The lowest BCUT2D eigenvalue weighted by Crippen LogP contribution is -2.28. The van der Waals surface area contributed by atoms with Crippen molar-refractivity contribution in [1.29, 1.82) is 0 Å². The molecule has 1 atom stereocenters. The summed E-state index contributed by atoms with van der Waals surface area (Å²) < 4.78 is 5.34. The van der Waals surface area contributed by atoms with Crippen molar-refractivity contribution in [3.63, 3.8) is 0 Å². The Hall–Kier alpha value is -2.71. The minimum atomic E-state index is -0.474. The molecule has 2 heterocycles. The van der Waals surface area contributed by atoms with E-state index in [4.69, 9.17) is 21.2 Å². The van der Waals surface area contributed by atoms with Crippen LogP contribution in [0.25, 0.3) is 11.3 Å². The fourth-order valence-electron chi connectivity index (χ4n) is 2.54. The third-order valence-corrected chi connectivity index (χ3v) is 4.20. The number of carbonyl (C=O) groups excluding carboxylic acids is 1. The molecule has 3 N–H and O–H groups in total. The van der Waals surface area contributed by atoms with Gasteiger partial charge in [-0.25, -0.2) is 4.98 Å². The third kappa shape index (κ3) is 3.47. The molecule has 26 heavy (non-hydrogen) atoms. The van der Waals surface area contributed by atoms with Crippen molar-refractivity contribution < 1.29 is 14.4 Å². The van der Waals surface area contributed by atoms with Gasteiger partial charge in [-0.3, -0.25) is 9.89 Å². The fourth-order valence-corrected chi connectivity index (χ4v) is 2.77. The van der Waals surface area contributed by atoms with E-state index in [1.807, 2.05) is 13.0 Å². The number of hydrogen-bond donors (Lipinski definition) is 3. The van der Waals surface area contributed by atoms with Crippen LogP contribution in [0.3, 0.4) is 0 Å². The zero-order valence-electron chi connectivity index (χ0n) is 14.3. The molecule has 0 unspecified atom stereocenters. The number of nitrogens with one attached hydrogen (secondary N) is 2. The number of aromatic nitrogens is 4. The molecule has 136 valence electrons. The maximum atomic E-state index is 12.9. The molecule has 3 aromatic rings. The molecule has 8 nitrogen and oxygen atoms in total. The predicted octanol–water partition coefficient (Wildman–Crippen LogP) is 2.66. The van der Waals surface area contributed by atoms with Crippen LogP contribution < -0.4 is 5.32 Å². The van der Waals surface area contributed by atoms with Gasteiger partial charge in [-0.15, -0.1) is 0 Å². The molecule has 0 aliphatic rings. The predicted molar refractivity (Wildman–Crippen MR) is 94.5 cm³/mol. The lowest BCUT2D eigenvalue weighted by Gasteiger charge is -2.11. The maximum absolute atomic E-state index is 12.9. The van der Waals surface area contributed by atoms with Crippen molar-refractivity contribution >= 4 is 17.5 Å². The molecule has 0 saturated carbocycles. The average Bonchev–Trinajstić information content (AvgIpc) is 3.28. The Labute approximate surface area is 154 Å². The van der Waals surface area contributed by atoms with Crippen LogP contribution >= 0.6 is 11.6 Å². The SMILES string of the molecule is CCc1onc(-c2ccccc2Cl)c1C(=O)N[C@H](C)c1n[nH]c(CO)n1. The first-order chi connectivity index (χ1) is 12.5. The van der Waals surface area contributed by atoms with Crippen molar-refractivity contribution in [3.8, 4) is 11.3 Å². The van der Waals surface area contributed by atoms with Crippen molar-refractivity contribution in [2.75, 3.05) is 0 Å². The quantitative estimate of drug-likeness (QED) is 0.609. The van der Waals surface area contributed by atoms with Gasteiger partial charge in [0.1, 0.15) is 29.4 Å². The molecule has 1 amide bonds. The minimum absolute atomic E-state index is 0.254. The molecule has 0 aliphatic heterocycles. The van der Waals surface area contributed by atoms with E-state index in [1.54, 1.807) is 25.1 Å². The highest BCUT2D eigenvalue weighted by molar-refractivity contribution is 6.33. The Bertz CT molecular complexity index is 921. The van der Waals surface area contributed by atoms with E-state index < -0.39 is 6.04 Å². The highest BCUT2D eigenvalue weighted by atomic mass is 35.5. The Morgan fingerprint density at radius 3 is 2.85 bits per heavy atom. The Morgan fingerprint density at radius 2 is 2.19 bits per heavy atom. The first kappa shape index (κ1) is 18.1. The van der Waals surface area contributed by atoms with Crippen molar-refractivity contribution in [2.45, 2.75) is 32.9 Å². The molecular formula is C17H18ClN5O3. The van der Waals surface area contributed by atoms with Gasteiger partial charge >= 0.3 is 0 Å². The van der Waals surface area contributed by atoms with E-state index >= 15 is 0 Å². The summed E-state index contributed by atoms with van der Waals surface area (Å²) in [5, 5.41) is 23.0. The highest BCUT2D eigenvalue weighted by Gasteiger charge is 2.26. The lowest BCUT2D eigenvalue weighted by molar-refractivity contribution is 0.0937. The third-order valence-electron chi connectivity index (χ3n) is 3.87. The molecule has 2 aromatic heterocycles. The second kappa shape index (κ2) is 7.67. The standard InChI is InChI=1S/C17H18ClN5O3/c1-3-12-14(15(23-26-12)10-6-4-5-7-11(10)18)17(25)19-9(2)16-20-13(8-24)21-22-16/h4-7,9,24H,3,8H2,1-2H3,(H,19,25)(H,20,21,22)/t9-/m1/s1. The number of amides is 1. The number of benzene rings is 1. The molecule has 0 radical (unpaired) electrons. The number of carbonyl (C=O) groups is 1. The number of rotatable bonds is 6. The summed E-state index contributed by atoms with van der Waals surface area (Å²) in [6.45, 7) is 3.37. The highest BCUT2D eigenvalue weighted by Crippen LogP contribution is 2.31. The van der Waals surface area contributed by atoms with Crippen LogP contribution in [0, 0.1) is 0 Å². The molecule has 0 spiro atoms. The molecule has 3 rings (SSSR count). The normalized spacial score (nSPS) is 12.2. The Kier molecular flexibility index (Phi) is 5.34. The monoisotopic (exact) mass is 375 g/mol. The summed E-state index contributed by atoms with van der Waals surface area (Å²) in [7, 11) is 0. The second-order valence-corrected chi connectivity index (χ2v) is 6.06. The van der Waals surface area contributed by atoms with Gasteiger partial charge in [0.15, 0.2) is 5.82 Å². The maximum Gasteiger partial charge on any atom is 0.257 e. The fraction of sp³-hybridized carbons (Fsp3) is 0.294. The summed E-state index contributed by atoms with van der Waals surface area (Å²) in [6.07, 6.45) is 0.504. The minimum Gasteiger partial charge on any atom is -0.388 e. The summed E-state index contributed by atoms with van der Waals surface area (Å²) in [5.41, 5.74) is 1.35.